The Kier molecular flexibility index (Phi) is 11.1. The molecule has 6 heteroatoms. The third-order valence-electron chi connectivity index (χ3n) is 14.6. The van der Waals surface area contributed by atoms with Gasteiger partial charge in [0.15, 0.2) is 5.82 Å². The minimum atomic E-state index is 0.685. The molecule has 0 saturated carbocycles. The van der Waals surface area contributed by atoms with Gasteiger partial charge in [0.1, 0.15) is 0 Å². The summed E-state index contributed by atoms with van der Waals surface area (Å²) in [5.41, 5.74) is 18.8. The lowest BCUT2D eigenvalue weighted by atomic mass is 9.95. The molecule has 0 aliphatic rings. The molecule has 0 N–H and O–H groups in total. The summed E-state index contributed by atoms with van der Waals surface area (Å²) < 4.78 is 4.77. The SMILES string of the molecule is c1ccc(N(c2ccccc2)c2ccc3c(c2)c2ccccc2n3-c2ccc(-c3cc(-c4ccc(-n5c6ccccc6c6cc(N(c7ccccc7)c7ccccc7)ccc65)cc4)cc(-c4ncccn4)c3)cc2)cc1. The van der Waals surface area contributed by atoms with Crippen LogP contribution in [-0.4, -0.2) is 19.1 Å². The lowest BCUT2D eigenvalue weighted by molar-refractivity contribution is 1.17. The first-order valence-corrected chi connectivity index (χ1v) is 25.7. The minimum absolute atomic E-state index is 0.685. The first-order chi connectivity index (χ1) is 37.7. The van der Waals surface area contributed by atoms with Gasteiger partial charge in [-0.15, -0.1) is 0 Å². The molecule has 14 aromatic rings. The molecule has 0 radical (unpaired) electrons. The van der Waals surface area contributed by atoms with Gasteiger partial charge in [-0.3, -0.25) is 0 Å². The molecule has 3 aromatic heterocycles. The van der Waals surface area contributed by atoms with Crippen molar-refractivity contribution in [3.8, 4) is 45.0 Å². The van der Waals surface area contributed by atoms with Crippen molar-refractivity contribution in [1.82, 2.24) is 19.1 Å². The monoisotopic (exact) mass is 972 g/mol. The van der Waals surface area contributed by atoms with Crippen LogP contribution in [0.2, 0.25) is 0 Å². The van der Waals surface area contributed by atoms with Crippen LogP contribution in [0.25, 0.3) is 88.6 Å². The van der Waals surface area contributed by atoms with Crippen LogP contribution in [0.15, 0.2) is 291 Å². The Morgan fingerprint density at radius 1 is 0.237 bits per heavy atom. The quantitative estimate of drug-likeness (QED) is 0.130. The number of anilines is 6. The second kappa shape index (κ2) is 19.0. The minimum Gasteiger partial charge on any atom is -0.310 e. The van der Waals surface area contributed by atoms with E-state index in [1.807, 2.05) is 18.5 Å². The van der Waals surface area contributed by atoms with Gasteiger partial charge >= 0.3 is 0 Å². The third-order valence-corrected chi connectivity index (χ3v) is 14.6. The molecule has 0 unspecified atom stereocenters. The topological polar surface area (TPSA) is 42.1 Å². The maximum Gasteiger partial charge on any atom is 0.159 e. The second-order valence-corrected chi connectivity index (χ2v) is 19.1. The molecule has 0 fully saturated rings. The molecular weight excluding hydrogens is 925 g/mol. The molecule has 0 saturated heterocycles. The Balaban J connectivity index is 0.826. The predicted molar refractivity (Wildman–Crippen MR) is 316 cm³/mol. The predicted octanol–water partition coefficient (Wildman–Crippen LogP) is 18.6. The summed E-state index contributed by atoms with van der Waals surface area (Å²) in [7, 11) is 0. The van der Waals surface area contributed by atoms with E-state index in [-0.39, 0.29) is 0 Å². The molecule has 11 aromatic carbocycles. The maximum absolute atomic E-state index is 4.71. The zero-order valence-corrected chi connectivity index (χ0v) is 41.4. The normalized spacial score (nSPS) is 11.4. The molecule has 358 valence electrons. The zero-order chi connectivity index (χ0) is 50.4. The summed E-state index contributed by atoms with van der Waals surface area (Å²) in [5, 5.41) is 4.80. The van der Waals surface area contributed by atoms with Crippen LogP contribution in [0.1, 0.15) is 0 Å². The van der Waals surface area contributed by atoms with E-state index in [1.165, 1.54) is 21.5 Å². The maximum atomic E-state index is 4.71. The Labute approximate surface area is 440 Å². The molecule has 6 nitrogen and oxygen atoms in total. The number of benzene rings is 11. The van der Waals surface area contributed by atoms with Crippen molar-refractivity contribution in [3.63, 3.8) is 0 Å². The smallest absolute Gasteiger partial charge is 0.159 e. The van der Waals surface area contributed by atoms with Gasteiger partial charge in [-0.2, -0.15) is 0 Å². The number of nitrogens with zero attached hydrogens (tertiary/aromatic N) is 6. The standard InChI is InChI=1S/C70H48N6/c1-5-18-54(19-6-1)73(55-20-7-2-8-21-55)60-38-40-68-64(47-60)62-26-13-15-28-66(62)75(68)58-34-30-49(31-35-58)51-44-52(46-53(45-51)70-71-42-17-43-72-70)50-32-36-59(37-33-50)76-67-29-16-14-27-63(67)65-48-61(39-41-69(65)76)74(56-22-9-3-10-23-56)57-24-11-4-12-25-57/h1-48H. The van der Waals surface area contributed by atoms with Crippen molar-refractivity contribution < 1.29 is 0 Å². The van der Waals surface area contributed by atoms with Gasteiger partial charge in [0.05, 0.1) is 22.1 Å². The highest BCUT2D eigenvalue weighted by molar-refractivity contribution is 6.12. The number of aromatic nitrogens is 4. The first kappa shape index (κ1) is 44.4. The van der Waals surface area contributed by atoms with Crippen LogP contribution in [-0.2, 0) is 0 Å². The fourth-order valence-corrected chi connectivity index (χ4v) is 11.1. The molecule has 0 bridgehead atoms. The number of hydrogen-bond donors (Lipinski definition) is 0. The van der Waals surface area contributed by atoms with Crippen molar-refractivity contribution in [1.29, 1.82) is 0 Å². The van der Waals surface area contributed by atoms with Crippen molar-refractivity contribution in [2.45, 2.75) is 0 Å². The van der Waals surface area contributed by atoms with E-state index in [0.29, 0.717) is 5.82 Å². The van der Waals surface area contributed by atoms with Crippen LogP contribution < -0.4 is 9.80 Å². The molecule has 0 spiro atoms. The molecule has 76 heavy (non-hydrogen) atoms. The van der Waals surface area contributed by atoms with Crippen molar-refractivity contribution in [2.75, 3.05) is 9.80 Å². The average Bonchev–Trinajstić information content (AvgIpc) is 4.11. The van der Waals surface area contributed by atoms with Gasteiger partial charge in [0.2, 0.25) is 0 Å². The Bertz CT molecular complexity index is 4020. The lowest BCUT2D eigenvalue weighted by Gasteiger charge is -2.25. The van der Waals surface area contributed by atoms with E-state index in [9.17, 15) is 0 Å². The average molecular weight is 973 g/mol. The summed E-state index contributed by atoms with van der Waals surface area (Å²) in [6, 6.07) is 99.9. The Hall–Kier alpha value is -10.3. The molecule has 0 amide bonds. The van der Waals surface area contributed by atoms with E-state index in [4.69, 9.17) is 9.97 Å². The van der Waals surface area contributed by atoms with Crippen LogP contribution in [0.3, 0.4) is 0 Å². The number of hydrogen-bond acceptors (Lipinski definition) is 4. The highest BCUT2D eigenvalue weighted by Gasteiger charge is 2.20. The van der Waals surface area contributed by atoms with Crippen LogP contribution in [0.5, 0.6) is 0 Å². The van der Waals surface area contributed by atoms with E-state index in [2.05, 4.69) is 292 Å². The number of rotatable bonds is 11. The fraction of sp³-hybridized carbons (Fsp3) is 0. The number of fused-ring (bicyclic) bond motifs is 6. The Morgan fingerprint density at radius 2 is 0.579 bits per heavy atom. The summed E-state index contributed by atoms with van der Waals surface area (Å²) in [6.45, 7) is 0. The summed E-state index contributed by atoms with van der Waals surface area (Å²) in [6.07, 6.45) is 3.62. The van der Waals surface area contributed by atoms with Gasteiger partial charge < -0.3 is 18.9 Å². The first-order valence-electron chi connectivity index (χ1n) is 25.7. The number of para-hydroxylation sites is 6. The Morgan fingerprint density at radius 3 is 0.974 bits per heavy atom. The van der Waals surface area contributed by atoms with E-state index < -0.39 is 0 Å². The van der Waals surface area contributed by atoms with Crippen LogP contribution >= 0.6 is 0 Å². The molecular formula is C70H48N6. The molecule has 0 aliphatic carbocycles. The largest absolute Gasteiger partial charge is 0.310 e. The molecule has 0 atom stereocenters. The summed E-state index contributed by atoms with van der Waals surface area (Å²) >= 11 is 0. The van der Waals surface area contributed by atoms with Crippen LogP contribution in [0, 0.1) is 0 Å². The fourth-order valence-electron chi connectivity index (χ4n) is 11.1. The zero-order valence-electron chi connectivity index (χ0n) is 41.4. The van der Waals surface area contributed by atoms with Gasteiger partial charge in [0, 0.05) is 85.0 Å². The van der Waals surface area contributed by atoms with Crippen molar-refractivity contribution in [3.05, 3.63) is 291 Å². The van der Waals surface area contributed by atoms with E-state index >= 15 is 0 Å². The van der Waals surface area contributed by atoms with Gasteiger partial charge in [0.25, 0.3) is 0 Å². The van der Waals surface area contributed by atoms with Crippen molar-refractivity contribution in [2.24, 2.45) is 0 Å². The van der Waals surface area contributed by atoms with Crippen molar-refractivity contribution >= 4 is 77.7 Å². The third kappa shape index (κ3) is 7.93. The van der Waals surface area contributed by atoms with E-state index in [0.717, 1.165) is 95.4 Å². The molecule has 0 aliphatic heterocycles. The van der Waals surface area contributed by atoms with Crippen LogP contribution in [0.4, 0.5) is 34.1 Å². The van der Waals surface area contributed by atoms with Gasteiger partial charge in [-0.25, -0.2) is 9.97 Å². The second-order valence-electron chi connectivity index (χ2n) is 19.1. The lowest BCUT2D eigenvalue weighted by Crippen LogP contribution is -2.09. The molecule has 14 rings (SSSR count). The van der Waals surface area contributed by atoms with E-state index in [1.54, 1.807) is 0 Å². The van der Waals surface area contributed by atoms with Gasteiger partial charge in [-0.1, -0.05) is 133 Å². The summed E-state index contributed by atoms with van der Waals surface area (Å²) in [4.78, 5) is 14.1. The summed E-state index contributed by atoms with van der Waals surface area (Å²) in [5.74, 6) is 0.685. The highest BCUT2D eigenvalue weighted by Crippen LogP contribution is 2.42. The molecule has 3 heterocycles. The van der Waals surface area contributed by atoms with Gasteiger partial charge in [-0.05, 0) is 168 Å². The highest BCUT2D eigenvalue weighted by atomic mass is 15.1.